The Bertz CT molecular complexity index is 1130. The van der Waals surface area contributed by atoms with Gasteiger partial charge < -0.3 is 0 Å². The van der Waals surface area contributed by atoms with E-state index >= 15 is 0 Å². The Morgan fingerprint density at radius 3 is 2.44 bits per heavy atom. The van der Waals surface area contributed by atoms with Crippen molar-refractivity contribution >= 4 is 37.3 Å². The van der Waals surface area contributed by atoms with Gasteiger partial charge in [-0.3, -0.25) is 9.52 Å². The van der Waals surface area contributed by atoms with E-state index in [-0.39, 0.29) is 27.6 Å². The van der Waals surface area contributed by atoms with Crippen molar-refractivity contribution in [1.29, 1.82) is 0 Å². The summed E-state index contributed by atoms with van der Waals surface area (Å²) >= 11 is 0. The van der Waals surface area contributed by atoms with Crippen molar-refractivity contribution in [2.45, 2.75) is 18.7 Å². The van der Waals surface area contributed by atoms with Gasteiger partial charge in [-0.15, -0.1) is 0 Å². The molecule has 0 aliphatic carbocycles. The minimum absolute atomic E-state index is 0.0598. The molecule has 1 N–H and O–H groups in total. The van der Waals surface area contributed by atoms with Crippen molar-refractivity contribution in [3.05, 3.63) is 53.8 Å². The molecule has 0 spiro atoms. The molecule has 2 aromatic rings. The van der Waals surface area contributed by atoms with Crippen LogP contribution in [-0.4, -0.2) is 28.5 Å². The van der Waals surface area contributed by atoms with Gasteiger partial charge in [-0.1, -0.05) is 13.0 Å². The average molecular weight is 412 g/mol. The molecule has 1 atom stereocenters. The fourth-order valence-corrected chi connectivity index (χ4v) is 6.00. The van der Waals surface area contributed by atoms with Gasteiger partial charge in [-0.05, 0) is 48.9 Å². The van der Waals surface area contributed by atoms with Crippen molar-refractivity contribution in [2.75, 3.05) is 14.8 Å². The second-order valence-electron chi connectivity index (χ2n) is 6.35. The highest BCUT2D eigenvalue weighted by molar-refractivity contribution is 7.94. The molecule has 3 rings (SSSR count). The third-order valence-electron chi connectivity index (χ3n) is 4.12. The predicted octanol–water partition coefficient (Wildman–Crippen LogP) is 2.25. The number of rotatable bonds is 4. The highest BCUT2D eigenvalue weighted by Crippen LogP contribution is 2.31. The zero-order valence-corrected chi connectivity index (χ0v) is 16.1. The highest BCUT2D eigenvalue weighted by atomic mass is 32.2. The molecule has 10 heteroatoms. The summed E-state index contributed by atoms with van der Waals surface area (Å²) in [7, 11) is -7.80. The second kappa shape index (κ2) is 6.61. The third-order valence-corrected chi connectivity index (χ3v) is 7.53. The lowest BCUT2D eigenvalue weighted by atomic mass is 10.2. The number of hydrogen-bond acceptors (Lipinski definition) is 5. The SMILES string of the molecule is Cc1cc(N2C(=O)C(C)CS2(=O)=O)ccc1S(=O)(=O)Nc1cccc(F)c1. The molecule has 7 nitrogen and oxygen atoms in total. The summed E-state index contributed by atoms with van der Waals surface area (Å²) in [6.07, 6.45) is 0. The molecule has 1 amide bonds. The van der Waals surface area contributed by atoms with Crippen LogP contribution >= 0.6 is 0 Å². The Labute approximate surface area is 156 Å². The molecule has 1 heterocycles. The summed E-state index contributed by atoms with van der Waals surface area (Å²) in [6, 6.07) is 8.81. The number of carbonyl (C=O) groups excluding carboxylic acids is 1. The topological polar surface area (TPSA) is 101 Å². The second-order valence-corrected chi connectivity index (χ2v) is 9.86. The van der Waals surface area contributed by atoms with E-state index in [9.17, 15) is 26.0 Å². The van der Waals surface area contributed by atoms with Crippen LogP contribution in [0.15, 0.2) is 47.4 Å². The number of nitrogens with zero attached hydrogens (tertiary/aromatic N) is 1. The lowest BCUT2D eigenvalue weighted by Gasteiger charge is -2.17. The fraction of sp³-hybridized carbons (Fsp3) is 0.235. The van der Waals surface area contributed by atoms with E-state index in [0.717, 1.165) is 6.07 Å². The third kappa shape index (κ3) is 3.67. The summed E-state index contributed by atoms with van der Waals surface area (Å²) < 4.78 is 65.8. The van der Waals surface area contributed by atoms with Crippen LogP contribution in [0.4, 0.5) is 15.8 Å². The molecule has 1 fully saturated rings. The van der Waals surface area contributed by atoms with Gasteiger partial charge in [-0.2, -0.15) is 0 Å². The smallest absolute Gasteiger partial charge is 0.262 e. The van der Waals surface area contributed by atoms with Gasteiger partial charge in [0.05, 0.1) is 27.9 Å². The Kier molecular flexibility index (Phi) is 4.73. The van der Waals surface area contributed by atoms with Gasteiger partial charge in [0.15, 0.2) is 0 Å². The van der Waals surface area contributed by atoms with Gasteiger partial charge in [0.2, 0.25) is 15.9 Å². The fourth-order valence-electron chi connectivity index (χ4n) is 2.91. The summed E-state index contributed by atoms with van der Waals surface area (Å²) in [5, 5.41) is 0. The van der Waals surface area contributed by atoms with Crippen molar-refractivity contribution in [3.63, 3.8) is 0 Å². The number of carbonyl (C=O) groups is 1. The van der Waals surface area contributed by atoms with E-state index in [0.29, 0.717) is 4.31 Å². The maximum atomic E-state index is 13.3. The molecular weight excluding hydrogens is 395 g/mol. The minimum atomic E-state index is -4.02. The Hall–Kier alpha value is -2.46. The van der Waals surface area contributed by atoms with Crippen LogP contribution in [0.2, 0.25) is 0 Å². The van der Waals surface area contributed by atoms with Crippen molar-refractivity contribution < 1.29 is 26.0 Å². The number of halogens is 1. The number of aryl methyl sites for hydroxylation is 1. The largest absolute Gasteiger partial charge is 0.280 e. The first-order valence-electron chi connectivity index (χ1n) is 7.97. The van der Waals surface area contributed by atoms with Crippen LogP contribution in [0, 0.1) is 18.7 Å². The van der Waals surface area contributed by atoms with Crippen molar-refractivity contribution in [2.24, 2.45) is 5.92 Å². The molecule has 2 aromatic carbocycles. The lowest BCUT2D eigenvalue weighted by molar-refractivity contribution is -0.119. The van der Waals surface area contributed by atoms with E-state index in [4.69, 9.17) is 0 Å². The summed E-state index contributed by atoms with van der Waals surface area (Å²) in [6.45, 7) is 3.01. The van der Waals surface area contributed by atoms with E-state index in [1.54, 1.807) is 0 Å². The first kappa shape index (κ1) is 19.3. The summed E-state index contributed by atoms with van der Waals surface area (Å²) in [5.74, 6) is -2.09. The normalized spacial score (nSPS) is 19.3. The molecule has 0 saturated carbocycles. The Morgan fingerprint density at radius 1 is 1.19 bits per heavy atom. The maximum Gasteiger partial charge on any atom is 0.262 e. The van der Waals surface area contributed by atoms with Crippen molar-refractivity contribution in [1.82, 2.24) is 0 Å². The first-order chi connectivity index (χ1) is 12.5. The molecule has 1 unspecified atom stereocenters. The van der Waals surface area contributed by atoms with Crippen LogP contribution in [0.5, 0.6) is 0 Å². The molecule has 0 radical (unpaired) electrons. The minimum Gasteiger partial charge on any atom is -0.280 e. The molecule has 0 bridgehead atoms. The van der Waals surface area contributed by atoms with E-state index < -0.39 is 37.7 Å². The van der Waals surface area contributed by atoms with Gasteiger partial charge in [0.25, 0.3) is 10.0 Å². The van der Waals surface area contributed by atoms with Crippen LogP contribution in [0.3, 0.4) is 0 Å². The monoisotopic (exact) mass is 412 g/mol. The van der Waals surface area contributed by atoms with Crippen molar-refractivity contribution in [3.8, 4) is 0 Å². The maximum absolute atomic E-state index is 13.3. The van der Waals surface area contributed by atoms with Gasteiger partial charge in [0.1, 0.15) is 5.82 Å². The van der Waals surface area contributed by atoms with E-state index in [2.05, 4.69) is 4.72 Å². The Balaban J connectivity index is 1.96. The number of nitrogens with one attached hydrogen (secondary N) is 1. The standard InChI is InChI=1S/C17H17FN2O5S2/c1-11-8-15(20-17(21)12(2)10-26(20,22)23)6-7-16(11)27(24,25)19-14-5-3-4-13(18)9-14/h3-9,12,19H,10H2,1-2H3. The molecule has 144 valence electrons. The Morgan fingerprint density at radius 2 is 1.89 bits per heavy atom. The van der Waals surface area contributed by atoms with Crippen LogP contribution < -0.4 is 9.03 Å². The number of amides is 1. The number of hydrogen-bond donors (Lipinski definition) is 1. The van der Waals surface area contributed by atoms with E-state index in [1.807, 2.05) is 0 Å². The number of sulfonamides is 2. The zero-order chi connectivity index (χ0) is 20.0. The highest BCUT2D eigenvalue weighted by Gasteiger charge is 2.42. The zero-order valence-electron chi connectivity index (χ0n) is 14.5. The average Bonchev–Trinajstić information content (AvgIpc) is 2.74. The molecule has 27 heavy (non-hydrogen) atoms. The number of benzene rings is 2. The molecular formula is C17H17FN2O5S2. The first-order valence-corrected chi connectivity index (χ1v) is 11.1. The van der Waals surface area contributed by atoms with Gasteiger partial charge in [-0.25, -0.2) is 25.5 Å². The molecule has 1 aliphatic heterocycles. The predicted molar refractivity (Wildman–Crippen MR) is 98.8 cm³/mol. The summed E-state index contributed by atoms with van der Waals surface area (Å²) in [4.78, 5) is 12.1. The van der Waals surface area contributed by atoms with Gasteiger partial charge in [0, 0.05) is 0 Å². The lowest BCUT2D eigenvalue weighted by Crippen LogP contribution is -2.30. The van der Waals surface area contributed by atoms with Crippen LogP contribution in [0.1, 0.15) is 12.5 Å². The summed E-state index contributed by atoms with van der Waals surface area (Å²) in [5.41, 5.74) is 0.398. The molecule has 1 saturated heterocycles. The van der Waals surface area contributed by atoms with E-state index in [1.165, 1.54) is 50.2 Å². The quantitative estimate of drug-likeness (QED) is 0.830. The van der Waals surface area contributed by atoms with Gasteiger partial charge >= 0.3 is 0 Å². The molecule has 1 aliphatic rings. The van der Waals surface area contributed by atoms with Crippen LogP contribution in [-0.2, 0) is 24.8 Å². The van der Waals surface area contributed by atoms with Crippen LogP contribution in [0.25, 0.3) is 0 Å². The number of anilines is 2. The molecule has 0 aromatic heterocycles.